The first-order valence-corrected chi connectivity index (χ1v) is 11.9. The van der Waals surface area contributed by atoms with E-state index in [1.54, 1.807) is 0 Å². The summed E-state index contributed by atoms with van der Waals surface area (Å²) in [6.07, 6.45) is 11.1. The van der Waals surface area contributed by atoms with Crippen molar-refractivity contribution in [3.63, 3.8) is 0 Å². The summed E-state index contributed by atoms with van der Waals surface area (Å²) in [5, 5.41) is 0. The van der Waals surface area contributed by atoms with Gasteiger partial charge in [-0.1, -0.05) is 23.6 Å². The van der Waals surface area contributed by atoms with Crippen molar-refractivity contribution in [2.75, 3.05) is 24.6 Å². The summed E-state index contributed by atoms with van der Waals surface area (Å²) in [7, 11) is 0. The van der Waals surface area contributed by atoms with Crippen molar-refractivity contribution in [1.29, 1.82) is 0 Å². The molecule has 0 spiro atoms. The molecule has 2 rings (SSSR count). The lowest BCUT2D eigenvalue weighted by Crippen LogP contribution is -2.13. The maximum absolute atomic E-state index is 5.90. The third-order valence-electron chi connectivity index (χ3n) is 3.19. The second kappa shape index (κ2) is 3.46. The van der Waals surface area contributed by atoms with Crippen molar-refractivity contribution in [3.8, 4) is 0 Å². The third-order valence-corrected chi connectivity index (χ3v) is 23.7. The lowest BCUT2D eigenvalue weighted by atomic mass is 10.4. The van der Waals surface area contributed by atoms with Gasteiger partial charge in [0, 0.05) is 0 Å². The van der Waals surface area contributed by atoms with Crippen molar-refractivity contribution >= 4 is 35.1 Å². The molecular weight excluding hydrogens is 222 g/mol. The number of hydrogen-bond acceptors (Lipinski definition) is 2. The van der Waals surface area contributed by atoms with Crippen LogP contribution in [0.5, 0.6) is 0 Å². The van der Waals surface area contributed by atoms with Gasteiger partial charge in [0.15, 0.2) is 0 Å². The highest BCUT2D eigenvalue weighted by Crippen LogP contribution is 2.85. The predicted octanol–water partition coefficient (Wildman–Crippen LogP) is 3.45. The molecule has 0 nitrogen and oxygen atoms in total. The van der Waals surface area contributed by atoms with Crippen LogP contribution in [0.4, 0.5) is 0 Å². The smallest absolute Gasteiger partial charge is 0.0129 e. The number of hydrogen-bond donors (Lipinski definition) is 0. The van der Waals surface area contributed by atoms with E-state index in [4.69, 9.17) is 23.6 Å². The summed E-state index contributed by atoms with van der Waals surface area (Å²) in [4.78, 5) is 0. The fourth-order valence-electron chi connectivity index (χ4n) is 2.39. The molecule has 2 heterocycles. The van der Waals surface area contributed by atoms with Gasteiger partial charge in [0.1, 0.15) is 0 Å². The maximum Gasteiger partial charge on any atom is -0.0129 e. The van der Waals surface area contributed by atoms with E-state index < -0.39 is 11.5 Å². The van der Waals surface area contributed by atoms with Gasteiger partial charge in [0.2, 0.25) is 0 Å². The van der Waals surface area contributed by atoms with Gasteiger partial charge in [-0.2, -0.15) is 0 Å². The molecule has 0 aliphatic carbocycles. The van der Waals surface area contributed by atoms with Gasteiger partial charge in [-0.05, 0) is 61.8 Å². The van der Waals surface area contributed by atoms with Gasteiger partial charge in [-0.25, -0.2) is 0 Å². The van der Waals surface area contributed by atoms with Crippen LogP contribution in [0.3, 0.4) is 0 Å². The Morgan fingerprint density at radius 2 is 0.833 bits per heavy atom. The molecule has 4 heteroatoms. The van der Waals surface area contributed by atoms with Crippen LogP contribution in [0, 0.1) is 0 Å². The Labute approximate surface area is 85.4 Å². The minimum Gasteiger partial charge on any atom is -0.0919 e. The molecule has 2 fully saturated rings. The molecule has 0 N–H and O–H groups in total. The zero-order valence-corrected chi connectivity index (χ0v) is 10.8. The molecule has 0 saturated carbocycles. The monoisotopic (exact) mass is 238 g/mol. The van der Waals surface area contributed by atoms with Crippen LogP contribution in [0.15, 0.2) is 0 Å². The van der Waals surface area contributed by atoms with E-state index in [0.717, 1.165) is 0 Å². The second-order valence-corrected chi connectivity index (χ2v) is 19.6. The zero-order chi connectivity index (χ0) is 8.66. The quantitative estimate of drug-likeness (QED) is 0.593. The Balaban J connectivity index is 2.33. The number of fused-ring (bicyclic) bond motifs is 1. The molecule has 2 saturated heterocycles. The Morgan fingerprint density at radius 1 is 0.583 bits per heavy atom. The summed E-state index contributed by atoms with van der Waals surface area (Å²) in [6, 6.07) is 0. The molecule has 0 bridgehead atoms. The number of rotatable bonds is 0. The highest BCUT2D eigenvalue weighted by molar-refractivity contribution is 8.66. The summed E-state index contributed by atoms with van der Waals surface area (Å²) in [6.45, 7) is 0. The maximum atomic E-state index is 5.90. The van der Waals surface area contributed by atoms with E-state index in [0.29, 0.717) is 0 Å². The van der Waals surface area contributed by atoms with Crippen molar-refractivity contribution in [2.45, 2.75) is 25.7 Å². The van der Waals surface area contributed by atoms with Gasteiger partial charge in [0.05, 0.1) is 0 Å². The minimum absolute atomic E-state index is 0.970. The Morgan fingerprint density at radius 3 is 1.08 bits per heavy atom. The van der Waals surface area contributed by atoms with Crippen molar-refractivity contribution in [2.24, 2.45) is 0 Å². The Hall–Kier alpha value is 1.30. The van der Waals surface area contributed by atoms with Gasteiger partial charge in [-0.3, -0.25) is 0 Å². The van der Waals surface area contributed by atoms with Crippen LogP contribution in [0.25, 0.3) is 0 Å². The van der Waals surface area contributed by atoms with Gasteiger partial charge in [0.25, 0.3) is 0 Å². The molecule has 12 heavy (non-hydrogen) atoms. The first-order chi connectivity index (χ1) is 5.66. The largest absolute Gasteiger partial charge is 0.0919 e. The molecule has 0 radical (unpaired) electrons. The molecule has 0 aromatic heterocycles. The summed E-state index contributed by atoms with van der Waals surface area (Å²) in [5.74, 6) is 0. The SMILES string of the molecule is S=P12CCCCP1(=S)CCCC2. The topological polar surface area (TPSA) is 0 Å². The lowest BCUT2D eigenvalue weighted by molar-refractivity contribution is 0.842. The molecule has 0 atom stereocenters. The second-order valence-electron chi connectivity index (χ2n) is 4.00. The predicted molar refractivity (Wildman–Crippen MR) is 66.5 cm³/mol. The molecular formula is C8H16P2S2. The van der Waals surface area contributed by atoms with Gasteiger partial charge >= 0.3 is 0 Å². The first-order valence-electron chi connectivity index (χ1n) is 4.83. The Bertz CT molecular complexity index is 224. The first kappa shape index (κ1) is 9.84. The van der Waals surface area contributed by atoms with Crippen LogP contribution in [0.1, 0.15) is 25.7 Å². The van der Waals surface area contributed by atoms with Crippen LogP contribution >= 0.6 is 11.5 Å². The summed E-state index contributed by atoms with van der Waals surface area (Å²) < 4.78 is 0. The van der Waals surface area contributed by atoms with E-state index >= 15 is 0 Å². The van der Waals surface area contributed by atoms with Crippen molar-refractivity contribution < 1.29 is 0 Å². The van der Waals surface area contributed by atoms with Crippen LogP contribution in [-0.2, 0) is 23.6 Å². The Kier molecular flexibility index (Phi) is 2.84. The zero-order valence-electron chi connectivity index (χ0n) is 7.37. The average molecular weight is 238 g/mol. The molecule has 2 aliphatic heterocycles. The third kappa shape index (κ3) is 1.50. The summed E-state index contributed by atoms with van der Waals surface area (Å²) in [5.41, 5.74) is -1.94. The van der Waals surface area contributed by atoms with E-state index in [9.17, 15) is 0 Å². The van der Waals surface area contributed by atoms with Crippen molar-refractivity contribution in [1.82, 2.24) is 0 Å². The summed E-state index contributed by atoms with van der Waals surface area (Å²) >= 11 is 11.8. The average Bonchev–Trinajstić information content (AvgIpc) is 2.05. The van der Waals surface area contributed by atoms with E-state index in [1.807, 2.05) is 0 Å². The molecule has 70 valence electrons. The standard InChI is InChI=1S/C8H16P2S2/c11-9-5-1-2-6-10(9,12)8-4-3-7-9/h1-8H2. The van der Waals surface area contributed by atoms with Crippen LogP contribution < -0.4 is 0 Å². The van der Waals surface area contributed by atoms with Gasteiger partial charge in [-0.15, -0.1) is 0 Å². The van der Waals surface area contributed by atoms with Crippen molar-refractivity contribution in [3.05, 3.63) is 0 Å². The highest BCUT2D eigenvalue weighted by Gasteiger charge is 2.38. The normalized spacial score (nSPS) is 48.3. The minimum atomic E-state index is -0.970. The fourth-order valence-corrected chi connectivity index (χ4v) is 17.7. The highest BCUT2D eigenvalue weighted by atomic mass is 32.8. The molecule has 0 aromatic rings. The fraction of sp³-hybridized carbons (Fsp3) is 1.00. The molecule has 0 amide bonds. The lowest BCUT2D eigenvalue weighted by Gasteiger charge is -2.42. The molecule has 0 unspecified atom stereocenters. The van der Waals surface area contributed by atoms with E-state index in [2.05, 4.69) is 0 Å². The van der Waals surface area contributed by atoms with Crippen LogP contribution in [-0.4, -0.2) is 24.6 Å². The molecule has 0 aromatic carbocycles. The van der Waals surface area contributed by atoms with Gasteiger partial charge < -0.3 is 0 Å². The van der Waals surface area contributed by atoms with Crippen LogP contribution in [0.2, 0.25) is 0 Å². The van der Waals surface area contributed by atoms with E-state index in [-0.39, 0.29) is 0 Å². The van der Waals surface area contributed by atoms with E-state index in [1.165, 1.54) is 50.3 Å². The molecule has 2 aliphatic rings.